The average molecular weight is 388 g/mol. The number of hydrogen-bond donors (Lipinski definition) is 1. The van der Waals surface area contributed by atoms with Gasteiger partial charge in [0.25, 0.3) is 0 Å². The molecule has 0 radical (unpaired) electrons. The molecule has 0 atom stereocenters. The highest BCUT2D eigenvalue weighted by molar-refractivity contribution is 6.35. The highest BCUT2D eigenvalue weighted by Gasteiger charge is 2.10. The summed E-state index contributed by atoms with van der Waals surface area (Å²) in [6.07, 6.45) is 0. The van der Waals surface area contributed by atoms with Crippen LogP contribution in [0.3, 0.4) is 0 Å². The van der Waals surface area contributed by atoms with E-state index < -0.39 is 5.97 Å². The van der Waals surface area contributed by atoms with Crippen molar-refractivity contribution in [2.24, 2.45) is 0 Å². The average Bonchev–Trinajstić information content (AvgIpc) is 2.62. The first-order chi connectivity index (χ1) is 11.9. The maximum atomic E-state index is 12.4. The Labute approximate surface area is 154 Å². The lowest BCUT2D eigenvalue weighted by molar-refractivity contribution is -0.138. The van der Waals surface area contributed by atoms with Gasteiger partial charge in [0, 0.05) is 10.7 Å². The Morgan fingerprint density at radius 2 is 1.68 bits per heavy atom. The maximum absolute atomic E-state index is 12.4. The maximum Gasteiger partial charge on any atom is 0.339 e. The molecule has 2 rings (SSSR count). The van der Waals surface area contributed by atoms with Crippen LogP contribution in [0.25, 0.3) is 0 Å². The molecule has 0 fully saturated rings. The number of carbonyl (C=O) groups excluding carboxylic acids is 2. The topological polar surface area (TPSA) is 64.6 Å². The highest BCUT2D eigenvalue weighted by Crippen LogP contribution is 2.20. The molecule has 0 aromatic heterocycles. The molecule has 0 aliphatic carbocycles. The summed E-state index contributed by atoms with van der Waals surface area (Å²) in [4.78, 5) is 21.7. The number of ether oxygens (including phenoxy) is 2. The van der Waals surface area contributed by atoms with Crippen LogP contribution in [0.15, 0.2) is 42.5 Å². The van der Waals surface area contributed by atoms with Crippen molar-refractivity contribution in [3.05, 3.63) is 63.9 Å². The van der Waals surface area contributed by atoms with Crippen molar-refractivity contribution in [1.29, 1.82) is 0 Å². The van der Waals surface area contributed by atoms with Gasteiger partial charge in [0.05, 0.1) is 24.8 Å². The molecule has 0 aliphatic heterocycles. The molecule has 25 heavy (non-hydrogen) atoms. The first-order valence-corrected chi connectivity index (χ1v) is 7.72. The van der Waals surface area contributed by atoms with Crippen LogP contribution in [0.2, 0.25) is 10.0 Å². The van der Waals surface area contributed by atoms with Gasteiger partial charge in [-0.25, -0.2) is 9.18 Å². The summed E-state index contributed by atoms with van der Waals surface area (Å²) < 4.78 is 21.3. The van der Waals surface area contributed by atoms with Crippen molar-refractivity contribution in [2.75, 3.05) is 26.1 Å². The molecule has 0 amide bonds. The van der Waals surface area contributed by atoms with Crippen LogP contribution < -0.4 is 5.32 Å². The molecule has 134 valence electrons. The van der Waals surface area contributed by atoms with Crippen molar-refractivity contribution in [1.82, 2.24) is 0 Å². The molecule has 0 unspecified atom stereocenters. The van der Waals surface area contributed by atoms with Crippen molar-refractivity contribution in [3.8, 4) is 0 Å². The van der Waals surface area contributed by atoms with Crippen LogP contribution in [0.4, 0.5) is 10.1 Å². The first-order valence-electron chi connectivity index (χ1n) is 6.97. The van der Waals surface area contributed by atoms with Gasteiger partial charge in [-0.3, -0.25) is 4.79 Å². The molecule has 8 heteroatoms. The van der Waals surface area contributed by atoms with Crippen molar-refractivity contribution in [2.45, 2.75) is 0 Å². The molecule has 0 saturated heterocycles. The smallest absolute Gasteiger partial charge is 0.339 e. The van der Waals surface area contributed by atoms with Gasteiger partial charge < -0.3 is 14.8 Å². The summed E-state index contributed by atoms with van der Waals surface area (Å²) >= 11 is 11.4. The monoisotopic (exact) mass is 387 g/mol. The fourth-order valence-electron chi connectivity index (χ4n) is 1.58. The summed E-state index contributed by atoms with van der Waals surface area (Å²) in [6.45, 7) is 0.0854. The highest BCUT2D eigenvalue weighted by atomic mass is 35.5. The number of anilines is 1. The summed E-state index contributed by atoms with van der Waals surface area (Å²) in [5.74, 6) is -1.14. The SMILES string of the molecule is COC(=O)CNc1ccc(F)cc1.COC(=O)c1cc(Cl)ccc1Cl. The Morgan fingerprint density at radius 3 is 2.24 bits per heavy atom. The van der Waals surface area contributed by atoms with Crippen LogP contribution in [-0.4, -0.2) is 32.7 Å². The predicted molar refractivity (Wildman–Crippen MR) is 94.7 cm³/mol. The zero-order valence-electron chi connectivity index (χ0n) is 13.5. The Morgan fingerprint density at radius 1 is 1.04 bits per heavy atom. The van der Waals surface area contributed by atoms with E-state index in [0.29, 0.717) is 15.7 Å². The number of rotatable bonds is 4. The fraction of sp³-hybridized carbons (Fsp3) is 0.176. The lowest BCUT2D eigenvalue weighted by atomic mass is 10.2. The van der Waals surface area contributed by atoms with Crippen LogP contribution in [0, 0.1) is 5.82 Å². The predicted octanol–water partition coefficient (Wildman–Crippen LogP) is 4.19. The molecular formula is C17H16Cl2FNO4. The van der Waals surface area contributed by atoms with Crippen LogP contribution >= 0.6 is 23.2 Å². The zero-order valence-corrected chi connectivity index (χ0v) is 15.0. The number of benzene rings is 2. The number of carbonyl (C=O) groups is 2. The molecule has 0 aliphatic rings. The summed E-state index contributed by atoms with van der Waals surface area (Å²) in [5.41, 5.74) is 0.971. The van der Waals surface area contributed by atoms with Gasteiger partial charge in [-0.1, -0.05) is 23.2 Å². The molecular weight excluding hydrogens is 372 g/mol. The van der Waals surface area contributed by atoms with Crippen molar-refractivity contribution < 1.29 is 23.5 Å². The third-order valence-electron chi connectivity index (χ3n) is 2.84. The zero-order chi connectivity index (χ0) is 18.8. The lowest BCUT2D eigenvalue weighted by Crippen LogP contribution is -2.14. The summed E-state index contributed by atoms with van der Waals surface area (Å²) in [7, 11) is 2.61. The number of nitrogens with one attached hydrogen (secondary N) is 1. The van der Waals surface area contributed by atoms with Gasteiger partial charge in [0.1, 0.15) is 12.4 Å². The molecule has 5 nitrogen and oxygen atoms in total. The van der Waals surface area contributed by atoms with Gasteiger partial charge in [-0.15, -0.1) is 0 Å². The molecule has 0 heterocycles. The van der Waals surface area contributed by atoms with Gasteiger partial charge in [-0.05, 0) is 42.5 Å². The largest absolute Gasteiger partial charge is 0.468 e. The van der Waals surface area contributed by atoms with E-state index in [9.17, 15) is 14.0 Å². The minimum absolute atomic E-state index is 0.0854. The standard InChI is InChI=1S/C9H10FNO2.C8H6Cl2O2/c1-13-9(12)6-11-8-4-2-7(10)3-5-8;1-12-8(11)6-4-5(9)2-3-7(6)10/h2-5,11H,6H2,1H3;2-4H,1H3. The quantitative estimate of drug-likeness (QED) is 0.796. The van der Waals surface area contributed by atoms with Gasteiger partial charge in [0.2, 0.25) is 0 Å². The minimum atomic E-state index is -0.484. The third kappa shape index (κ3) is 7.41. The Hall–Kier alpha value is -2.31. The van der Waals surface area contributed by atoms with Gasteiger partial charge >= 0.3 is 11.9 Å². The lowest BCUT2D eigenvalue weighted by Gasteiger charge is -2.03. The Kier molecular flexibility index (Phi) is 8.74. The molecule has 1 N–H and O–H groups in total. The first kappa shape index (κ1) is 20.7. The molecule has 0 bridgehead atoms. The summed E-state index contributed by atoms with van der Waals surface area (Å²) in [5, 5.41) is 3.58. The van der Waals surface area contributed by atoms with E-state index in [1.165, 1.54) is 32.4 Å². The van der Waals surface area contributed by atoms with Gasteiger partial charge in [-0.2, -0.15) is 0 Å². The fourth-order valence-corrected chi connectivity index (χ4v) is 1.94. The van der Waals surface area contributed by atoms with E-state index in [2.05, 4.69) is 14.8 Å². The van der Waals surface area contributed by atoms with E-state index in [0.717, 1.165) is 0 Å². The van der Waals surface area contributed by atoms with Crippen molar-refractivity contribution in [3.63, 3.8) is 0 Å². The second-order valence-electron chi connectivity index (χ2n) is 4.55. The number of methoxy groups -OCH3 is 2. The van der Waals surface area contributed by atoms with Crippen LogP contribution in [-0.2, 0) is 14.3 Å². The van der Waals surface area contributed by atoms with E-state index in [4.69, 9.17) is 23.2 Å². The molecule has 0 spiro atoms. The number of esters is 2. The van der Waals surface area contributed by atoms with E-state index in [1.807, 2.05) is 0 Å². The molecule has 2 aromatic carbocycles. The van der Waals surface area contributed by atoms with Crippen LogP contribution in [0.5, 0.6) is 0 Å². The summed E-state index contributed by atoms with van der Waals surface area (Å²) in [6, 6.07) is 10.4. The third-order valence-corrected chi connectivity index (χ3v) is 3.41. The second kappa shape index (κ2) is 10.5. The second-order valence-corrected chi connectivity index (χ2v) is 5.40. The van der Waals surface area contributed by atoms with E-state index >= 15 is 0 Å². The van der Waals surface area contributed by atoms with Crippen LogP contribution in [0.1, 0.15) is 10.4 Å². The minimum Gasteiger partial charge on any atom is -0.468 e. The van der Waals surface area contributed by atoms with E-state index in [1.54, 1.807) is 24.3 Å². The Bertz CT molecular complexity index is 723. The van der Waals surface area contributed by atoms with Crippen molar-refractivity contribution >= 4 is 40.8 Å². The Balaban J connectivity index is 0.000000251. The number of hydrogen-bond acceptors (Lipinski definition) is 5. The van der Waals surface area contributed by atoms with E-state index in [-0.39, 0.29) is 23.9 Å². The normalized spacial score (nSPS) is 9.48. The molecule has 2 aromatic rings. The number of halogens is 3. The molecule has 0 saturated carbocycles. The van der Waals surface area contributed by atoms with Gasteiger partial charge in [0.15, 0.2) is 0 Å².